The minimum atomic E-state index is -2.93. The van der Waals surface area contributed by atoms with E-state index in [0.717, 1.165) is 17.7 Å². The maximum Gasteiger partial charge on any atom is 0.387 e. The van der Waals surface area contributed by atoms with Gasteiger partial charge in [-0.1, -0.05) is 31.2 Å². The zero-order valence-corrected chi connectivity index (χ0v) is 14.0. The van der Waals surface area contributed by atoms with E-state index >= 15 is 0 Å². The molecule has 25 heavy (non-hydrogen) atoms. The number of anilines is 1. The van der Waals surface area contributed by atoms with Crippen molar-refractivity contribution in [1.29, 1.82) is 0 Å². The van der Waals surface area contributed by atoms with E-state index in [1.807, 2.05) is 31.2 Å². The molecule has 2 aromatic carbocycles. The summed E-state index contributed by atoms with van der Waals surface area (Å²) in [6, 6.07) is 12.0. The summed E-state index contributed by atoms with van der Waals surface area (Å²) in [6.45, 7) is -0.921. The number of amides is 1. The Morgan fingerprint density at radius 2 is 1.96 bits per heavy atom. The summed E-state index contributed by atoms with van der Waals surface area (Å²) in [4.78, 5) is 12.1. The van der Waals surface area contributed by atoms with Gasteiger partial charge in [-0.25, -0.2) is 0 Å². The first-order valence-electron chi connectivity index (χ1n) is 7.73. The normalized spacial score (nSPS) is 10.9. The van der Waals surface area contributed by atoms with E-state index in [-0.39, 0.29) is 17.4 Å². The molecule has 0 saturated carbocycles. The third kappa shape index (κ3) is 5.31. The zero-order chi connectivity index (χ0) is 18.2. The van der Waals surface area contributed by atoms with Crippen LogP contribution < -0.4 is 14.8 Å². The molecule has 4 nitrogen and oxygen atoms in total. The fraction of sp³-hybridized carbons (Fsp3) is 0.211. The number of hydrogen-bond acceptors (Lipinski definition) is 3. The van der Waals surface area contributed by atoms with E-state index < -0.39 is 6.61 Å². The third-order valence-corrected chi connectivity index (χ3v) is 3.49. The van der Waals surface area contributed by atoms with Gasteiger partial charge in [-0.15, -0.1) is 0 Å². The number of rotatable bonds is 7. The molecule has 0 unspecified atom stereocenters. The van der Waals surface area contributed by atoms with E-state index in [1.165, 1.54) is 25.3 Å². The molecular formula is C19H19F2NO3. The predicted molar refractivity (Wildman–Crippen MR) is 93.1 cm³/mol. The average Bonchev–Trinajstić information content (AvgIpc) is 2.60. The number of carbonyl (C=O) groups is 1. The van der Waals surface area contributed by atoms with Gasteiger partial charge in [0.1, 0.15) is 0 Å². The number of ether oxygens (including phenoxy) is 2. The van der Waals surface area contributed by atoms with Gasteiger partial charge in [0.15, 0.2) is 11.5 Å². The van der Waals surface area contributed by atoms with Gasteiger partial charge in [0, 0.05) is 11.8 Å². The van der Waals surface area contributed by atoms with Gasteiger partial charge in [0.05, 0.1) is 7.11 Å². The van der Waals surface area contributed by atoms with Crippen LogP contribution in [0.15, 0.2) is 48.5 Å². The third-order valence-electron chi connectivity index (χ3n) is 3.49. The van der Waals surface area contributed by atoms with Gasteiger partial charge in [-0.2, -0.15) is 8.78 Å². The van der Waals surface area contributed by atoms with Crippen LogP contribution >= 0.6 is 0 Å². The van der Waals surface area contributed by atoms with Crippen molar-refractivity contribution in [3.8, 4) is 11.5 Å². The number of hydrogen-bond donors (Lipinski definition) is 1. The smallest absolute Gasteiger partial charge is 0.387 e. The molecule has 0 aromatic heterocycles. The summed E-state index contributed by atoms with van der Waals surface area (Å²) in [6.07, 6.45) is 3.75. The second-order valence-corrected chi connectivity index (χ2v) is 5.12. The zero-order valence-electron chi connectivity index (χ0n) is 14.0. The van der Waals surface area contributed by atoms with Crippen LogP contribution in [0.4, 0.5) is 14.5 Å². The van der Waals surface area contributed by atoms with E-state index in [4.69, 9.17) is 4.74 Å². The Hall–Kier alpha value is -2.89. The largest absolute Gasteiger partial charge is 0.493 e. The Morgan fingerprint density at radius 1 is 1.20 bits per heavy atom. The highest BCUT2D eigenvalue weighted by Gasteiger charge is 2.10. The average molecular weight is 347 g/mol. The van der Waals surface area contributed by atoms with E-state index in [1.54, 1.807) is 12.1 Å². The molecule has 0 bridgehead atoms. The van der Waals surface area contributed by atoms with Crippen molar-refractivity contribution < 1.29 is 23.0 Å². The highest BCUT2D eigenvalue weighted by Crippen LogP contribution is 2.29. The molecular weight excluding hydrogens is 328 g/mol. The van der Waals surface area contributed by atoms with Crippen molar-refractivity contribution in [2.75, 3.05) is 12.4 Å². The van der Waals surface area contributed by atoms with Crippen LogP contribution in [-0.2, 0) is 11.2 Å². The number of nitrogens with one attached hydrogen (secondary N) is 1. The van der Waals surface area contributed by atoms with Crippen LogP contribution in [0.3, 0.4) is 0 Å². The first-order valence-corrected chi connectivity index (χ1v) is 7.73. The standard InChI is InChI=1S/C19H19F2NO3/c1-3-14-6-4-5-7-15(14)22-18(23)11-9-13-8-10-16(25-19(20)21)17(12-13)24-2/h4-12,19H,3H2,1-2H3,(H,22,23)/b11-9+. The number of methoxy groups -OCH3 is 1. The number of para-hydroxylation sites is 1. The molecule has 0 saturated heterocycles. The summed E-state index contributed by atoms with van der Waals surface area (Å²) >= 11 is 0. The molecule has 0 heterocycles. The lowest BCUT2D eigenvalue weighted by Crippen LogP contribution is -2.09. The molecule has 0 fully saturated rings. The van der Waals surface area contributed by atoms with Crippen molar-refractivity contribution in [3.05, 3.63) is 59.7 Å². The number of carbonyl (C=O) groups excluding carboxylic acids is 1. The molecule has 0 aliphatic rings. The number of alkyl halides is 2. The number of aryl methyl sites for hydroxylation is 1. The Bertz CT molecular complexity index is 760. The first kappa shape index (κ1) is 18.4. The fourth-order valence-electron chi connectivity index (χ4n) is 2.28. The molecule has 0 radical (unpaired) electrons. The lowest BCUT2D eigenvalue weighted by Gasteiger charge is -2.10. The number of benzene rings is 2. The molecule has 132 valence electrons. The Labute approximate surface area is 145 Å². The second kappa shape index (κ2) is 8.82. The molecule has 0 spiro atoms. The Balaban J connectivity index is 2.09. The summed E-state index contributed by atoms with van der Waals surface area (Å²) < 4.78 is 34.0. The summed E-state index contributed by atoms with van der Waals surface area (Å²) in [7, 11) is 1.36. The van der Waals surface area contributed by atoms with Gasteiger partial charge in [0.25, 0.3) is 0 Å². The van der Waals surface area contributed by atoms with Gasteiger partial charge in [0.2, 0.25) is 5.91 Å². The van der Waals surface area contributed by atoms with Crippen molar-refractivity contribution in [2.24, 2.45) is 0 Å². The summed E-state index contributed by atoms with van der Waals surface area (Å²) in [5, 5.41) is 2.82. The van der Waals surface area contributed by atoms with Crippen LogP contribution in [0.2, 0.25) is 0 Å². The molecule has 0 atom stereocenters. The molecule has 0 aliphatic carbocycles. The van der Waals surface area contributed by atoms with Crippen molar-refractivity contribution >= 4 is 17.7 Å². The SMILES string of the molecule is CCc1ccccc1NC(=O)/C=C/c1ccc(OC(F)F)c(OC)c1. The molecule has 2 aromatic rings. The molecule has 2 rings (SSSR count). The highest BCUT2D eigenvalue weighted by atomic mass is 19.3. The van der Waals surface area contributed by atoms with Crippen LogP contribution in [0.1, 0.15) is 18.1 Å². The van der Waals surface area contributed by atoms with E-state index in [2.05, 4.69) is 10.1 Å². The summed E-state index contributed by atoms with van der Waals surface area (Å²) in [5.41, 5.74) is 2.43. The lowest BCUT2D eigenvalue weighted by molar-refractivity contribution is -0.111. The van der Waals surface area contributed by atoms with Crippen LogP contribution in [0, 0.1) is 0 Å². The molecule has 1 amide bonds. The maximum atomic E-state index is 12.3. The minimum absolute atomic E-state index is 0.0593. The molecule has 6 heteroatoms. The summed E-state index contributed by atoms with van der Waals surface area (Å²) in [5.74, 6) is -0.178. The van der Waals surface area contributed by atoms with Crippen molar-refractivity contribution in [3.63, 3.8) is 0 Å². The first-order chi connectivity index (χ1) is 12.0. The van der Waals surface area contributed by atoms with Crippen molar-refractivity contribution in [2.45, 2.75) is 20.0 Å². The number of halogens is 2. The predicted octanol–water partition coefficient (Wildman–Crippen LogP) is 4.51. The minimum Gasteiger partial charge on any atom is -0.493 e. The van der Waals surface area contributed by atoms with E-state index in [9.17, 15) is 13.6 Å². The fourth-order valence-corrected chi connectivity index (χ4v) is 2.28. The van der Waals surface area contributed by atoms with Crippen LogP contribution in [0.25, 0.3) is 6.08 Å². The van der Waals surface area contributed by atoms with Gasteiger partial charge in [-0.3, -0.25) is 4.79 Å². The van der Waals surface area contributed by atoms with E-state index in [0.29, 0.717) is 5.56 Å². The second-order valence-electron chi connectivity index (χ2n) is 5.12. The Kier molecular flexibility index (Phi) is 6.51. The highest BCUT2D eigenvalue weighted by molar-refractivity contribution is 6.02. The van der Waals surface area contributed by atoms with Gasteiger partial charge < -0.3 is 14.8 Å². The Morgan fingerprint density at radius 3 is 2.64 bits per heavy atom. The van der Waals surface area contributed by atoms with Crippen LogP contribution in [0.5, 0.6) is 11.5 Å². The molecule has 1 N–H and O–H groups in total. The van der Waals surface area contributed by atoms with Crippen LogP contribution in [-0.4, -0.2) is 19.6 Å². The quantitative estimate of drug-likeness (QED) is 0.750. The lowest BCUT2D eigenvalue weighted by atomic mass is 10.1. The van der Waals surface area contributed by atoms with Crippen molar-refractivity contribution in [1.82, 2.24) is 0 Å². The topological polar surface area (TPSA) is 47.6 Å². The van der Waals surface area contributed by atoms with Gasteiger partial charge >= 0.3 is 6.61 Å². The van der Waals surface area contributed by atoms with Gasteiger partial charge in [-0.05, 0) is 41.8 Å². The molecule has 0 aliphatic heterocycles. The monoisotopic (exact) mass is 347 g/mol. The maximum absolute atomic E-state index is 12.3.